The molecule has 1 aliphatic heterocycles. The summed E-state index contributed by atoms with van der Waals surface area (Å²) in [5, 5.41) is 0. The van der Waals surface area contributed by atoms with E-state index in [9.17, 15) is 4.79 Å². The Morgan fingerprint density at radius 3 is 2.52 bits per heavy atom. The average molecular weight is 342 g/mol. The molecule has 1 aromatic carbocycles. The number of aromatic nitrogens is 2. The molecule has 0 spiro atoms. The SMILES string of the molecule is CCCCCOc1nc2ccccc2nc1N1CCC(C(N)=O)CC1. The van der Waals surface area contributed by atoms with Gasteiger partial charge < -0.3 is 15.4 Å². The predicted octanol–water partition coefficient (Wildman–Crippen LogP) is 2.90. The lowest BCUT2D eigenvalue weighted by molar-refractivity contribution is -0.122. The van der Waals surface area contributed by atoms with E-state index in [4.69, 9.17) is 15.5 Å². The van der Waals surface area contributed by atoms with Gasteiger partial charge in [-0.1, -0.05) is 31.9 Å². The highest BCUT2D eigenvalue weighted by molar-refractivity contribution is 5.78. The van der Waals surface area contributed by atoms with Crippen molar-refractivity contribution in [2.24, 2.45) is 11.7 Å². The zero-order chi connectivity index (χ0) is 17.6. The number of nitrogens with zero attached hydrogens (tertiary/aromatic N) is 3. The Labute approximate surface area is 148 Å². The van der Waals surface area contributed by atoms with E-state index in [1.54, 1.807) is 0 Å². The first-order valence-electron chi connectivity index (χ1n) is 9.13. The van der Waals surface area contributed by atoms with Gasteiger partial charge in [-0.05, 0) is 31.4 Å². The molecule has 25 heavy (non-hydrogen) atoms. The third kappa shape index (κ3) is 4.18. The Bertz CT molecular complexity index is 726. The first-order chi connectivity index (χ1) is 12.2. The minimum Gasteiger partial charge on any atom is -0.475 e. The molecule has 0 radical (unpaired) electrons. The summed E-state index contributed by atoms with van der Waals surface area (Å²) in [4.78, 5) is 23.0. The molecule has 2 aromatic rings. The highest BCUT2D eigenvalue weighted by Gasteiger charge is 2.26. The topological polar surface area (TPSA) is 81.3 Å². The zero-order valence-corrected chi connectivity index (χ0v) is 14.8. The second-order valence-electron chi connectivity index (χ2n) is 6.56. The van der Waals surface area contributed by atoms with Gasteiger partial charge in [-0.3, -0.25) is 4.79 Å². The van der Waals surface area contributed by atoms with Crippen molar-refractivity contribution in [1.29, 1.82) is 0 Å². The number of hydrogen-bond acceptors (Lipinski definition) is 5. The number of unbranched alkanes of at least 4 members (excludes halogenated alkanes) is 2. The third-order valence-electron chi connectivity index (χ3n) is 4.70. The van der Waals surface area contributed by atoms with Crippen molar-refractivity contribution in [3.8, 4) is 5.88 Å². The van der Waals surface area contributed by atoms with Crippen LogP contribution in [0.25, 0.3) is 11.0 Å². The minimum atomic E-state index is -0.208. The molecule has 1 aromatic heterocycles. The quantitative estimate of drug-likeness (QED) is 0.783. The number of anilines is 1. The van der Waals surface area contributed by atoms with Crippen LogP contribution in [0.2, 0.25) is 0 Å². The van der Waals surface area contributed by atoms with E-state index >= 15 is 0 Å². The van der Waals surface area contributed by atoms with Gasteiger partial charge in [0, 0.05) is 19.0 Å². The summed E-state index contributed by atoms with van der Waals surface area (Å²) >= 11 is 0. The van der Waals surface area contributed by atoms with E-state index in [0.717, 1.165) is 62.0 Å². The van der Waals surface area contributed by atoms with Gasteiger partial charge in [0.05, 0.1) is 17.6 Å². The van der Waals surface area contributed by atoms with Crippen LogP contribution in [0.15, 0.2) is 24.3 Å². The fourth-order valence-electron chi connectivity index (χ4n) is 3.17. The Morgan fingerprint density at radius 1 is 1.20 bits per heavy atom. The van der Waals surface area contributed by atoms with E-state index in [0.29, 0.717) is 12.5 Å². The van der Waals surface area contributed by atoms with Gasteiger partial charge in [0.1, 0.15) is 0 Å². The van der Waals surface area contributed by atoms with Crippen molar-refractivity contribution in [3.05, 3.63) is 24.3 Å². The largest absolute Gasteiger partial charge is 0.475 e. The maximum atomic E-state index is 11.4. The summed E-state index contributed by atoms with van der Waals surface area (Å²) < 4.78 is 5.97. The highest BCUT2D eigenvalue weighted by atomic mass is 16.5. The molecule has 134 valence electrons. The standard InChI is InChI=1S/C19H26N4O2/c1-2-3-6-13-25-19-18(21-15-7-4-5-8-16(15)22-19)23-11-9-14(10-12-23)17(20)24/h4-5,7-8,14H,2-3,6,9-13H2,1H3,(H2,20,24). The van der Waals surface area contributed by atoms with Gasteiger partial charge in [0.15, 0.2) is 5.82 Å². The van der Waals surface area contributed by atoms with Crippen molar-refractivity contribution in [2.45, 2.75) is 39.0 Å². The number of piperidine rings is 1. The number of amides is 1. The molecule has 0 saturated carbocycles. The maximum absolute atomic E-state index is 11.4. The summed E-state index contributed by atoms with van der Waals surface area (Å²) in [5.74, 6) is 1.12. The Hall–Kier alpha value is -2.37. The number of rotatable bonds is 7. The van der Waals surface area contributed by atoms with E-state index in [1.165, 1.54) is 0 Å². The number of carbonyl (C=O) groups excluding carboxylic acids is 1. The van der Waals surface area contributed by atoms with Gasteiger partial charge in [0.2, 0.25) is 5.91 Å². The van der Waals surface area contributed by atoms with Crippen LogP contribution >= 0.6 is 0 Å². The van der Waals surface area contributed by atoms with Crippen molar-refractivity contribution in [3.63, 3.8) is 0 Å². The molecule has 0 bridgehead atoms. The lowest BCUT2D eigenvalue weighted by atomic mass is 9.96. The van der Waals surface area contributed by atoms with Gasteiger partial charge in [0.25, 0.3) is 5.88 Å². The average Bonchev–Trinajstić information content (AvgIpc) is 2.64. The Kier molecular flexibility index (Phi) is 5.68. The maximum Gasteiger partial charge on any atom is 0.258 e. The molecule has 1 fully saturated rings. The lowest BCUT2D eigenvalue weighted by Gasteiger charge is -2.32. The van der Waals surface area contributed by atoms with Crippen LogP contribution in [0, 0.1) is 5.92 Å². The third-order valence-corrected chi connectivity index (χ3v) is 4.70. The van der Waals surface area contributed by atoms with Crippen LogP contribution in [0.5, 0.6) is 5.88 Å². The summed E-state index contributed by atoms with van der Waals surface area (Å²) in [6.45, 7) is 4.30. The normalized spacial score (nSPS) is 15.5. The van der Waals surface area contributed by atoms with Crippen LogP contribution in [-0.4, -0.2) is 35.6 Å². The number of benzene rings is 1. The molecule has 2 N–H and O–H groups in total. The Balaban J connectivity index is 1.82. The smallest absolute Gasteiger partial charge is 0.258 e. The lowest BCUT2D eigenvalue weighted by Crippen LogP contribution is -2.39. The molecule has 0 unspecified atom stereocenters. The molecule has 3 rings (SSSR count). The summed E-state index contributed by atoms with van der Waals surface area (Å²) in [7, 11) is 0. The first kappa shape index (κ1) is 17.5. The van der Waals surface area contributed by atoms with E-state index < -0.39 is 0 Å². The minimum absolute atomic E-state index is 0.0430. The second kappa shape index (κ2) is 8.14. The molecular formula is C19H26N4O2. The molecule has 6 heteroatoms. The molecule has 6 nitrogen and oxygen atoms in total. The van der Waals surface area contributed by atoms with Crippen molar-refractivity contribution >= 4 is 22.8 Å². The molecule has 0 atom stereocenters. The van der Waals surface area contributed by atoms with Gasteiger partial charge in [-0.15, -0.1) is 0 Å². The fraction of sp³-hybridized carbons (Fsp3) is 0.526. The summed E-state index contributed by atoms with van der Waals surface area (Å²) in [6.07, 6.45) is 4.80. The van der Waals surface area contributed by atoms with Gasteiger partial charge >= 0.3 is 0 Å². The molecule has 1 saturated heterocycles. The monoisotopic (exact) mass is 342 g/mol. The molecule has 1 amide bonds. The molecular weight excluding hydrogens is 316 g/mol. The number of primary amides is 1. The van der Waals surface area contributed by atoms with Crippen molar-refractivity contribution < 1.29 is 9.53 Å². The van der Waals surface area contributed by atoms with E-state index in [2.05, 4.69) is 16.8 Å². The number of hydrogen-bond donors (Lipinski definition) is 1. The number of para-hydroxylation sites is 2. The predicted molar refractivity (Wildman–Crippen MR) is 98.7 cm³/mol. The van der Waals surface area contributed by atoms with Crippen LogP contribution in [0.4, 0.5) is 5.82 Å². The van der Waals surface area contributed by atoms with Crippen molar-refractivity contribution in [1.82, 2.24) is 9.97 Å². The summed E-state index contributed by atoms with van der Waals surface area (Å²) in [6, 6.07) is 7.82. The van der Waals surface area contributed by atoms with Crippen LogP contribution in [-0.2, 0) is 4.79 Å². The zero-order valence-electron chi connectivity index (χ0n) is 14.8. The van der Waals surface area contributed by atoms with E-state index in [1.807, 2.05) is 24.3 Å². The van der Waals surface area contributed by atoms with Gasteiger partial charge in [-0.25, -0.2) is 9.97 Å². The number of ether oxygens (including phenoxy) is 1. The van der Waals surface area contributed by atoms with E-state index in [-0.39, 0.29) is 11.8 Å². The van der Waals surface area contributed by atoms with Crippen LogP contribution < -0.4 is 15.4 Å². The van der Waals surface area contributed by atoms with Crippen molar-refractivity contribution in [2.75, 3.05) is 24.6 Å². The highest BCUT2D eigenvalue weighted by Crippen LogP contribution is 2.30. The molecule has 2 heterocycles. The Morgan fingerprint density at radius 2 is 1.88 bits per heavy atom. The second-order valence-corrected chi connectivity index (χ2v) is 6.56. The molecule has 1 aliphatic rings. The molecule has 0 aliphatic carbocycles. The summed E-state index contributed by atoms with van der Waals surface area (Å²) in [5.41, 5.74) is 7.13. The number of fused-ring (bicyclic) bond motifs is 1. The van der Waals surface area contributed by atoms with Gasteiger partial charge in [-0.2, -0.15) is 0 Å². The van der Waals surface area contributed by atoms with Crippen LogP contribution in [0.3, 0.4) is 0 Å². The van der Waals surface area contributed by atoms with Crippen LogP contribution in [0.1, 0.15) is 39.0 Å². The fourth-order valence-corrected chi connectivity index (χ4v) is 3.17. The number of nitrogens with two attached hydrogens (primary N) is 1. The number of carbonyl (C=O) groups is 1. The first-order valence-corrected chi connectivity index (χ1v) is 9.13.